The van der Waals surface area contributed by atoms with E-state index >= 15 is 0 Å². The van der Waals surface area contributed by atoms with E-state index < -0.39 is 0 Å². The maximum atomic E-state index is 9.52. The summed E-state index contributed by atoms with van der Waals surface area (Å²) in [6, 6.07) is 8.07. The second-order valence-corrected chi connectivity index (χ2v) is 8.26. The van der Waals surface area contributed by atoms with Crippen molar-refractivity contribution in [2.75, 3.05) is 37.0 Å². The zero-order valence-electron chi connectivity index (χ0n) is 18.5. The molecule has 1 fully saturated rings. The van der Waals surface area contributed by atoms with Crippen LogP contribution in [0, 0.1) is 19.8 Å². The van der Waals surface area contributed by atoms with Crippen LogP contribution in [0.3, 0.4) is 0 Å². The van der Waals surface area contributed by atoms with Gasteiger partial charge in [0, 0.05) is 37.9 Å². The third-order valence-electron chi connectivity index (χ3n) is 6.16. The molecule has 4 aromatic rings. The number of nitrogens with zero attached hydrogens (tertiary/aromatic N) is 6. The van der Waals surface area contributed by atoms with Crippen LogP contribution in [0.5, 0.6) is 5.75 Å². The summed E-state index contributed by atoms with van der Waals surface area (Å²) >= 11 is 0. The highest BCUT2D eigenvalue weighted by Crippen LogP contribution is 2.28. The molecule has 1 saturated heterocycles. The van der Waals surface area contributed by atoms with Crippen LogP contribution in [0.1, 0.15) is 17.5 Å². The number of benzene rings is 1. The Kier molecular flexibility index (Phi) is 5.18. The summed E-state index contributed by atoms with van der Waals surface area (Å²) in [6.07, 6.45) is 6.53. The summed E-state index contributed by atoms with van der Waals surface area (Å²) in [4.78, 5) is 11.5. The van der Waals surface area contributed by atoms with E-state index in [9.17, 15) is 5.11 Å². The van der Waals surface area contributed by atoms with Crippen molar-refractivity contribution in [3.63, 3.8) is 0 Å². The van der Waals surface area contributed by atoms with Crippen molar-refractivity contribution in [1.29, 1.82) is 0 Å². The number of aliphatic hydroxyl groups excluding tert-OH is 1. The first-order valence-corrected chi connectivity index (χ1v) is 10.7. The van der Waals surface area contributed by atoms with Crippen LogP contribution in [-0.2, 0) is 0 Å². The summed E-state index contributed by atoms with van der Waals surface area (Å²) in [5, 5.41) is 17.3. The van der Waals surface area contributed by atoms with Crippen LogP contribution >= 0.6 is 0 Å². The van der Waals surface area contributed by atoms with Gasteiger partial charge >= 0.3 is 0 Å². The monoisotopic (exact) mass is 433 g/mol. The average molecular weight is 434 g/mol. The van der Waals surface area contributed by atoms with E-state index in [1.165, 1.54) is 0 Å². The minimum absolute atomic E-state index is 0.199. The molecule has 0 bridgehead atoms. The molecule has 0 saturated carbocycles. The first kappa shape index (κ1) is 20.3. The summed E-state index contributed by atoms with van der Waals surface area (Å²) in [5.41, 5.74) is 4.20. The molecule has 0 amide bonds. The molecule has 4 heterocycles. The molecule has 1 atom stereocenters. The SMILES string of the molecule is COc1cc(-n2cnc(Nc3nc(N4CC[C@H](CO)C4)c4cccn4n3)c2)cc(C)c1C. The van der Waals surface area contributed by atoms with Crippen molar-refractivity contribution >= 4 is 23.1 Å². The molecule has 5 rings (SSSR count). The Balaban J connectivity index is 1.44. The number of rotatable bonds is 6. The predicted molar refractivity (Wildman–Crippen MR) is 123 cm³/mol. The number of methoxy groups -OCH3 is 1. The van der Waals surface area contributed by atoms with Gasteiger partial charge in [0.25, 0.3) is 0 Å². The van der Waals surface area contributed by atoms with Crippen LogP contribution in [0.15, 0.2) is 43.0 Å². The molecular weight excluding hydrogens is 406 g/mol. The number of hydrogen-bond acceptors (Lipinski definition) is 7. The lowest BCUT2D eigenvalue weighted by atomic mass is 10.1. The van der Waals surface area contributed by atoms with Gasteiger partial charge in [0.1, 0.15) is 17.6 Å². The zero-order valence-corrected chi connectivity index (χ0v) is 18.5. The fourth-order valence-electron chi connectivity index (χ4n) is 4.19. The molecule has 9 heteroatoms. The summed E-state index contributed by atoms with van der Waals surface area (Å²) in [7, 11) is 1.68. The Morgan fingerprint density at radius 2 is 2.16 bits per heavy atom. The van der Waals surface area contributed by atoms with Gasteiger partial charge in [-0.3, -0.25) is 0 Å². The zero-order chi connectivity index (χ0) is 22.2. The van der Waals surface area contributed by atoms with E-state index in [1.54, 1.807) is 13.4 Å². The molecular formula is C23H27N7O2. The molecule has 0 unspecified atom stereocenters. The minimum Gasteiger partial charge on any atom is -0.496 e. The van der Waals surface area contributed by atoms with Crippen molar-refractivity contribution in [2.45, 2.75) is 20.3 Å². The average Bonchev–Trinajstić information content (AvgIpc) is 3.55. The normalized spacial score (nSPS) is 16.1. The summed E-state index contributed by atoms with van der Waals surface area (Å²) in [5.74, 6) is 3.11. The van der Waals surface area contributed by atoms with E-state index in [0.717, 1.165) is 53.4 Å². The van der Waals surface area contributed by atoms with Crippen LogP contribution in [-0.4, -0.2) is 56.1 Å². The van der Waals surface area contributed by atoms with E-state index in [4.69, 9.17) is 9.72 Å². The Morgan fingerprint density at radius 3 is 2.94 bits per heavy atom. The van der Waals surface area contributed by atoms with Crippen molar-refractivity contribution in [3.8, 4) is 11.4 Å². The van der Waals surface area contributed by atoms with Gasteiger partial charge < -0.3 is 24.6 Å². The van der Waals surface area contributed by atoms with Crippen molar-refractivity contribution in [3.05, 3.63) is 54.1 Å². The predicted octanol–water partition coefficient (Wildman–Crippen LogP) is 3.10. The molecule has 1 aliphatic rings. The highest BCUT2D eigenvalue weighted by Gasteiger charge is 2.25. The number of aliphatic hydroxyl groups is 1. The molecule has 2 N–H and O–H groups in total. The van der Waals surface area contributed by atoms with Crippen LogP contribution in [0.4, 0.5) is 17.6 Å². The largest absolute Gasteiger partial charge is 0.496 e. The van der Waals surface area contributed by atoms with E-state index in [2.05, 4.69) is 33.3 Å². The number of aryl methyl sites for hydroxylation is 1. The van der Waals surface area contributed by atoms with Gasteiger partial charge in [-0.2, -0.15) is 4.98 Å². The third-order valence-corrected chi connectivity index (χ3v) is 6.16. The summed E-state index contributed by atoms with van der Waals surface area (Å²) < 4.78 is 9.27. The molecule has 9 nitrogen and oxygen atoms in total. The van der Waals surface area contributed by atoms with Crippen LogP contribution in [0.25, 0.3) is 11.2 Å². The topological polar surface area (TPSA) is 92.7 Å². The number of imidazole rings is 1. The van der Waals surface area contributed by atoms with Crippen molar-refractivity contribution < 1.29 is 9.84 Å². The lowest BCUT2D eigenvalue weighted by Crippen LogP contribution is -2.23. The van der Waals surface area contributed by atoms with Gasteiger partial charge in [0.05, 0.1) is 19.0 Å². The molecule has 166 valence electrons. The lowest BCUT2D eigenvalue weighted by molar-refractivity contribution is 0.238. The van der Waals surface area contributed by atoms with Gasteiger partial charge in [0.15, 0.2) is 11.6 Å². The Hall–Kier alpha value is -3.59. The quantitative estimate of drug-likeness (QED) is 0.483. The van der Waals surface area contributed by atoms with Crippen LogP contribution in [0.2, 0.25) is 0 Å². The third kappa shape index (κ3) is 3.64. The van der Waals surface area contributed by atoms with Gasteiger partial charge in [-0.05, 0) is 49.6 Å². The number of nitrogens with one attached hydrogen (secondary N) is 1. The molecule has 0 aliphatic carbocycles. The van der Waals surface area contributed by atoms with Gasteiger partial charge in [-0.1, -0.05) is 0 Å². The Bertz CT molecular complexity index is 1260. The Labute approximate surface area is 186 Å². The molecule has 1 aliphatic heterocycles. The number of aromatic nitrogens is 5. The van der Waals surface area contributed by atoms with Crippen molar-refractivity contribution in [2.24, 2.45) is 5.92 Å². The van der Waals surface area contributed by atoms with Gasteiger partial charge in [-0.25, -0.2) is 9.50 Å². The number of anilines is 3. The second kappa shape index (κ2) is 8.16. The van der Waals surface area contributed by atoms with E-state index in [1.807, 2.05) is 46.6 Å². The number of fused-ring (bicyclic) bond motifs is 1. The first-order valence-electron chi connectivity index (χ1n) is 10.7. The van der Waals surface area contributed by atoms with Crippen molar-refractivity contribution in [1.82, 2.24) is 24.1 Å². The highest BCUT2D eigenvalue weighted by molar-refractivity contribution is 5.71. The van der Waals surface area contributed by atoms with Crippen LogP contribution < -0.4 is 15.0 Å². The number of hydrogen-bond donors (Lipinski definition) is 2. The fraction of sp³-hybridized carbons (Fsp3) is 0.348. The molecule has 1 aromatic carbocycles. The molecule has 32 heavy (non-hydrogen) atoms. The molecule has 0 radical (unpaired) electrons. The highest BCUT2D eigenvalue weighted by atomic mass is 16.5. The van der Waals surface area contributed by atoms with E-state index in [0.29, 0.717) is 11.8 Å². The molecule has 0 spiro atoms. The van der Waals surface area contributed by atoms with Gasteiger partial charge in [0.2, 0.25) is 5.95 Å². The second-order valence-electron chi connectivity index (χ2n) is 8.26. The molecule has 3 aromatic heterocycles. The maximum absolute atomic E-state index is 9.52. The maximum Gasteiger partial charge on any atom is 0.248 e. The standard InChI is InChI=1S/C23H27N7O2/c1-15-9-18(10-20(32-3)16(15)2)29-12-21(24-14-29)25-23-26-22(19-5-4-7-30(19)27-23)28-8-6-17(11-28)13-31/h4-5,7,9-10,12,14,17,31H,6,8,11,13H2,1-3H3,(H,25,27)/t17-/m0/s1. The smallest absolute Gasteiger partial charge is 0.248 e. The van der Waals surface area contributed by atoms with Gasteiger partial charge in [-0.15, -0.1) is 5.10 Å². The Morgan fingerprint density at radius 1 is 1.28 bits per heavy atom. The van der Waals surface area contributed by atoms with E-state index in [-0.39, 0.29) is 12.5 Å². The minimum atomic E-state index is 0.199. The lowest BCUT2D eigenvalue weighted by Gasteiger charge is -2.19. The summed E-state index contributed by atoms with van der Waals surface area (Å²) in [6.45, 7) is 5.97. The number of ether oxygens (including phenoxy) is 1. The fourth-order valence-corrected chi connectivity index (χ4v) is 4.19. The first-order chi connectivity index (χ1) is 15.6.